The van der Waals surface area contributed by atoms with Crippen LogP contribution in [0, 0.1) is 17.7 Å². The Hall–Kier alpha value is -3.52. The predicted octanol–water partition coefficient (Wildman–Crippen LogP) is 3.27. The standard InChI is InChI=1S/C19H12FN3O/c20-18-9-7-14(6-8-15-4-1-2-11-22-15)12-17(18)19(24)23-16-5-3-10-21-13-16/h1-5,7,9-13H,(H,23,24). The van der Waals surface area contributed by atoms with Crippen molar-refractivity contribution in [2.45, 2.75) is 0 Å². The third-order valence-electron chi connectivity index (χ3n) is 3.13. The summed E-state index contributed by atoms with van der Waals surface area (Å²) in [6, 6.07) is 12.9. The molecular formula is C19H12FN3O. The van der Waals surface area contributed by atoms with Gasteiger partial charge in [-0.2, -0.15) is 0 Å². The minimum absolute atomic E-state index is 0.0772. The number of nitrogens with one attached hydrogen (secondary N) is 1. The zero-order valence-electron chi connectivity index (χ0n) is 12.5. The molecule has 3 aromatic rings. The van der Waals surface area contributed by atoms with Gasteiger partial charge in [-0.15, -0.1) is 0 Å². The number of benzene rings is 1. The number of aromatic nitrogens is 2. The largest absolute Gasteiger partial charge is 0.320 e. The molecule has 0 saturated heterocycles. The Balaban J connectivity index is 1.84. The van der Waals surface area contributed by atoms with Crippen LogP contribution in [0.1, 0.15) is 21.6 Å². The molecule has 24 heavy (non-hydrogen) atoms. The second kappa shape index (κ2) is 7.16. The van der Waals surface area contributed by atoms with Crippen LogP contribution in [0.25, 0.3) is 0 Å². The molecule has 2 heterocycles. The van der Waals surface area contributed by atoms with E-state index in [4.69, 9.17) is 0 Å². The van der Waals surface area contributed by atoms with E-state index in [2.05, 4.69) is 27.1 Å². The van der Waals surface area contributed by atoms with Gasteiger partial charge in [0.2, 0.25) is 0 Å². The summed E-state index contributed by atoms with van der Waals surface area (Å²) in [5.41, 5.74) is 1.54. The summed E-state index contributed by atoms with van der Waals surface area (Å²) < 4.78 is 13.9. The average molecular weight is 317 g/mol. The molecule has 0 bridgehead atoms. The van der Waals surface area contributed by atoms with Gasteiger partial charge >= 0.3 is 0 Å². The van der Waals surface area contributed by atoms with Gasteiger partial charge in [0.1, 0.15) is 11.5 Å². The van der Waals surface area contributed by atoms with Gasteiger partial charge in [0.25, 0.3) is 5.91 Å². The Kier molecular flexibility index (Phi) is 4.59. The van der Waals surface area contributed by atoms with Gasteiger partial charge in [-0.1, -0.05) is 12.0 Å². The van der Waals surface area contributed by atoms with E-state index in [1.807, 2.05) is 6.07 Å². The minimum Gasteiger partial charge on any atom is -0.320 e. The lowest BCUT2D eigenvalue weighted by atomic mass is 10.1. The molecule has 2 aromatic heterocycles. The van der Waals surface area contributed by atoms with Gasteiger partial charge in [-0.05, 0) is 48.4 Å². The van der Waals surface area contributed by atoms with Crippen LogP contribution < -0.4 is 5.32 Å². The van der Waals surface area contributed by atoms with Crippen LogP contribution in [0.5, 0.6) is 0 Å². The van der Waals surface area contributed by atoms with Crippen LogP contribution >= 0.6 is 0 Å². The summed E-state index contributed by atoms with van der Waals surface area (Å²) in [5, 5.41) is 2.60. The molecule has 0 atom stereocenters. The predicted molar refractivity (Wildman–Crippen MR) is 88.8 cm³/mol. The molecule has 1 aromatic carbocycles. The summed E-state index contributed by atoms with van der Waals surface area (Å²) in [6.07, 6.45) is 4.71. The molecule has 0 aliphatic heterocycles. The van der Waals surface area contributed by atoms with Crippen molar-refractivity contribution in [1.82, 2.24) is 9.97 Å². The third-order valence-corrected chi connectivity index (χ3v) is 3.13. The van der Waals surface area contributed by atoms with E-state index in [1.54, 1.807) is 36.7 Å². The first-order valence-electron chi connectivity index (χ1n) is 7.16. The fourth-order valence-electron chi connectivity index (χ4n) is 1.99. The van der Waals surface area contributed by atoms with Crippen molar-refractivity contribution in [1.29, 1.82) is 0 Å². The van der Waals surface area contributed by atoms with Crippen LogP contribution in [0.2, 0.25) is 0 Å². The van der Waals surface area contributed by atoms with Crippen molar-refractivity contribution >= 4 is 11.6 Å². The SMILES string of the molecule is O=C(Nc1cccnc1)c1cc(C#Cc2ccccn2)ccc1F. The van der Waals surface area contributed by atoms with Crippen molar-refractivity contribution in [3.63, 3.8) is 0 Å². The van der Waals surface area contributed by atoms with Crippen LogP contribution in [0.4, 0.5) is 10.1 Å². The lowest BCUT2D eigenvalue weighted by molar-refractivity contribution is 0.102. The first-order valence-corrected chi connectivity index (χ1v) is 7.16. The number of hydrogen-bond donors (Lipinski definition) is 1. The van der Waals surface area contributed by atoms with Crippen molar-refractivity contribution in [3.8, 4) is 11.8 Å². The molecule has 116 valence electrons. The Morgan fingerprint density at radius 1 is 1.04 bits per heavy atom. The maximum absolute atomic E-state index is 13.9. The van der Waals surface area contributed by atoms with Gasteiger partial charge in [0.05, 0.1) is 17.4 Å². The maximum atomic E-state index is 13.9. The van der Waals surface area contributed by atoms with Gasteiger partial charge in [0.15, 0.2) is 0 Å². The monoisotopic (exact) mass is 317 g/mol. The Labute approximate surface area is 138 Å². The second-order valence-electron chi connectivity index (χ2n) is 4.86. The minimum atomic E-state index is -0.611. The lowest BCUT2D eigenvalue weighted by Gasteiger charge is -2.06. The Morgan fingerprint density at radius 2 is 1.96 bits per heavy atom. The number of hydrogen-bond acceptors (Lipinski definition) is 3. The normalized spacial score (nSPS) is 9.71. The van der Waals surface area contributed by atoms with Crippen LogP contribution in [0.15, 0.2) is 67.1 Å². The summed E-state index contributed by atoms with van der Waals surface area (Å²) in [6.45, 7) is 0. The zero-order valence-corrected chi connectivity index (χ0v) is 12.5. The highest BCUT2D eigenvalue weighted by molar-refractivity contribution is 6.04. The maximum Gasteiger partial charge on any atom is 0.258 e. The summed E-state index contributed by atoms with van der Waals surface area (Å²) >= 11 is 0. The van der Waals surface area contributed by atoms with E-state index in [-0.39, 0.29) is 5.56 Å². The zero-order chi connectivity index (χ0) is 16.8. The highest BCUT2D eigenvalue weighted by atomic mass is 19.1. The summed E-state index contributed by atoms with van der Waals surface area (Å²) in [7, 11) is 0. The molecule has 5 heteroatoms. The fraction of sp³-hybridized carbons (Fsp3) is 0. The topological polar surface area (TPSA) is 54.9 Å². The van der Waals surface area contributed by atoms with Crippen LogP contribution in [-0.2, 0) is 0 Å². The summed E-state index contributed by atoms with van der Waals surface area (Å²) in [5.74, 6) is 4.58. The van der Waals surface area contributed by atoms with E-state index in [0.717, 1.165) is 0 Å². The molecule has 0 radical (unpaired) electrons. The highest BCUT2D eigenvalue weighted by Crippen LogP contribution is 2.13. The molecule has 0 aliphatic rings. The van der Waals surface area contributed by atoms with E-state index < -0.39 is 11.7 Å². The molecule has 4 nitrogen and oxygen atoms in total. The molecule has 0 spiro atoms. The van der Waals surface area contributed by atoms with E-state index in [9.17, 15) is 9.18 Å². The van der Waals surface area contributed by atoms with Crippen molar-refractivity contribution in [2.24, 2.45) is 0 Å². The molecule has 0 aliphatic carbocycles. The Bertz CT molecular complexity index is 916. The fourth-order valence-corrected chi connectivity index (χ4v) is 1.99. The summed E-state index contributed by atoms with van der Waals surface area (Å²) in [4.78, 5) is 20.2. The van der Waals surface area contributed by atoms with Gasteiger partial charge < -0.3 is 5.32 Å². The van der Waals surface area contributed by atoms with Gasteiger partial charge in [0, 0.05) is 18.0 Å². The first-order chi connectivity index (χ1) is 11.7. The molecule has 0 unspecified atom stereocenters. The number of carbonyl (C=O) groups excluding carboxylic acids is 1. The van der Waals surface area contributed by atoms with Crippen molar-refractivity contribution in [3.05, 3.63) is 89.8 Å². The number of rotatable bonds is 2. The van der Waals surface area contributed by atoms with Crippen LogP contribution in [-0.4, -0.2) is 15.9 Å². The lowest BCUT2D eigenvalue weighted by Crippen LogP contribution is -2.14. The number of halogens is 1. The van der Waals surface area contributed by atoms with E-state index >= 15 is 0 Å². The number of pyridine rings is 2. The molecule has 0 fully saturated rings. The van der Waals surface area contributed by atoms with Gasteiger partial charge in [-0.25, -0.2) is 9.37 Å². The van der Waals surface area contributed by atoms with E-state index in [1.165, 1.54) is 24.4 Å². The molecule has 1 N–H and O–H groups in total. The van der Waals surface area contributed by atoms with Crippen molar-refractivity contribution < 1.29 is 9.18 Å². The average Bonchev–Trinajstić information content (AvgIpc) is 2.62. The smallest absolute Gasteiger partial charge is 0.258 e. The molecule has 0 saturated carbocycles. The molecule has 3 rings (SSSR count). The highest BCUT2D eigenvalue weighted by Gasteiger charge is 2.12. The first kappa shape index (κ1) is 15.4. The number of nitrogens with zero attached hydrogens (tertiary/aromatic N) is 2. The quantitative estimate of drug-likeness (QED) is 0.738. The van der Waals surface area contributed by atoms with Gasteiger partial charge in [-0.3, -0.25) is 9.78 Å². The van der Waals surface area contributed by atoms with Crippen molar-refractivity contribution in [2.75, 3.05) is 5.32 Å². The number of carbonyl (C=O) groups is 1. The second-order valence-corrected chi connectivity index (χ2v) is 4.86. The number of anilines is 1. The van der Waals surface area contributed by atoms with Crippen LogP contribution in [0.3, 0.4) is 0 Å². The third kappa shape index (κ3) is 3.81. The molecular weight excluding hydrogens is 305 g/mol. The number of amides is 1. The van der Waals surface area contributed by atoms with E-state index in [0.29, 0.717) is 16.9 Å². The Morgan fingerprint density at radius 3 is 2.71 bits per heavy atom. The molecule has 1 amide bonds.